The van der Waals surface area contributed by atoms with Gasteiger partial charge in [-0.25, -0.2) is 0 Å². The Morgan fingerprint density at radius 3 is 1.37 bits per heavy atom. The number of methoxy groups -OCH3 is 2. The number of hydrogen-bond donors (Lipinski definition) is 0. The number of hydrogen-bond acceptors (Lipinski definition) is 6. The van der Waals surface area contributed by atoms with Gasteiger partial charge in [0.2, 0.25) is 0 Å². The van der Waals surface area contributed by atoms with E-state index in [1.54, 1.807) is 26.4 Å². The molecule has 0 heterocycles. The molecule has 0 unspecified atom stereocenters. The van der Waals surface area contributed by atoms with Crippen LogP contribution in [0.5, 0.6) is 23.0 Å². The highest BCUT2D eigenvalue weighted by molar-refractivity contribution is 5.71. The fourth-order valence-corrected chi connectivity index (χ4v) is 3.30. The quantitative estimate of drug-likeness (QED) is 0.441. The second kappa shape index (κ2) is 10.7. The van der Waals surface area contributed by atoms with Gasteiger partial charge in [-0.15, -0.1) is 0 Å². The zero-order valence-corrected chi connectivity index (χ0v) is 18.5. The van der Waals surface area contributed by atoms with Gasteiger partial charge in [0.25, 0.3) is 0 Å². The Morgan fingerprint density at radius 1 is 0.700 bits per heavy atom. The SMILES string of the molecule is COc1cc(C[C@@H](C)[C@@H](C)Cc2ccc(OC(C)=O)c(OC)c2)ccc1OC(C)=O. The molecule has 2 atom stereocenters. The van der Waals surface area contributed by atoms with Crippen LogP contribution in [-0.4, -0.2) is 26.2 Å². The molecule has 0 fully saturated rings. The van der Waals surface area contributed by atoms with Gasteiger partial charge in [0, 0.05) is 13.8 Å². The van der Waals surface area contributed by atoms with Gasteiger partial charge in [0.15, 0.2) is 23.0 Å². The summed E-state index contributed by atoms with van der Waals surface area (Å²) in [4.78, 5) is 22.4. The number of carbonyl (C=O) groups is 2. The van der Waals surface area contributed by atoms with E-state index in [-0.39, 0.29) is 11.9 Å². The Balaban J connectivity index is 2.06. The van der Waals surface area contributed by atoms with Crippen molar-refractivity contribution in [2.75, 3.05) is 14.2 Å². The average Bonchev–Trinajstić information content (AvgIpc) is 2.69. The lowest BCUT2D eigenvalue weighted by Crippen LogP contribution is -2.14. The molecule has 0 spiro atoms. The molecular formula is C24H30O6. The van der Waals surface area contributed by atoms with Crippen LogP contribution < -0.4 is 18.9 Å². The van der Waals surface area contributed by atoms with Gasteiger partial charge in [-0.1, -0.05) is 26.0 Å². The molecule has 0 aliphatic heterocycles. The fourth-order valence-electron chi connectivity index (χ4n) is 3.30. The van der Waals surface area contributed by atoms with Crippen molar-refractivity contribution >= 4 is 11.9 Å². The van der Waals surface area contributed by atoms with E-state index in [9.17, 15) is 9.59 Å². The highest BCUT2D eigenvalue weighted by Crippen LogP contribution is 2.32. The maximum atomic E-state index is 11.2. The zero-order valence-electron chi connectivity index (χ0n) is 18.5. The topological polar surface area (TPSA) is 71.1 Å². The molecule has 30 heavy (non-hydrogen) atoms. The van der Waals surface area contributed by atoms with Crippen LogP contribution in [0, 0.1) is 11.8 Å². The van der Waals surface area contributed by atoms with Gasteiger partial charge in [0.05, 0.1) is 14.2 Å². The third kappa shape index (κ3) is 6.51. The molecule has 0 N–H and O–H groups in total. The van der Waals surface area contributed by atoms with E-state index in [2.05, 4.69) is 13.8 Å². The summed E-state index contributed by atoms with van der Waals surface area (Å²) in [6.45, 7) is 7.15. The van der Waals surface area contributed by atoms with E-state index in [1.807, 2.05) is 24.3 Å². The van der Waals surface area contributed by atoms with Crippen LogP contribution in [0.3, 0.4) is 0 Å². The minimum Gasteiger partial charge on any atom is -0.493 e. The summed E-state index contributed by atoms with van der Waals surface area (Å²) >= 11 is 0. The van der Waals surface area contributed by atoms with Gasteiger partial charge < -0.3 is 18.9 Å². The minimum absolute atomic E-state index is 0.377. The number of ether oxygens (including phenoxy) is 4. The van der Waals surface area contributed by atoms with E-state index in [1.165, 1.54) is 13.8 Å². The van der Waals surface area contributed by atoms with Crippen LogP contribution in [0.15, 0.2) is 36.4 Å². The lowest BCUT2D eigenvalue weighted by atomic mass is 9.85. The molecule has 6 heteroatoms. The van der Waals surface area contributed by atoms with Crippen molar-refractivity contribution in [2.45, 2.75) is 40.5 Å². The largest absolute Gasteiger partial charge is 0.493 e. The van der Waals surface area contributed by atoms with E-state index in [4.69, 9.17) is 18.9 Å². The van der Waals surface area contributed by atoms with Crippen LogP contribution in [0.2, 0.25) is 0 Å². The Morgan fingerprint density at radius 2 is 1.07 bits per heavy atom. The van der Waals surface area contributed by atoms with Gasteiger partial charge in [-0.3, -0.25) is 9.59 Å². The Bertz CT molecular complexity index is 816. The molecule has 2 rings (SSSR count). The van der Waals surface area contributed by atoms with E-state index < -0.39 is 0 Å². The van der Waals surface area contributed by atoms with E-state index in [0.717, 1.165) is 24.0 Å². The number of esters is 2. The molecule has 0 amide bonds. The first-order valence-electron chi connectivity index (χ1n) is 9.94. The molecular weight excluding hydrogens is 384 g/mol. The maximum Gasteiger partial charge on any atom is 0.308 e. The smallest absolute Gasteiger partial charge is 0.308 e. The van der Waals surface area contributed by atoms with E-state index in [0.29, 0.717) is 34.8 Å². The van der Waals surface area contributed by atoms with Crippen molar-refractivity contribution in [1.29, 1.82) is 0 Å². The van der Waals surface area contributed by atoms with Crippen molar-refractivity contribution in [3.8, 4) is 23.0 Å². The summed E-state index contributed by atoms with van der Waals surface area (Å²) < 4.78 is 21.1. The number of carbonyl (C=O) groups excluding carboxylic acids is 2. The van der Waals surface area contributed by atoms with Crippen LogP contribution in [0.4, 0.5) is 0 Å². The highest BCUT2D eigenvalue weighted by Gasteiger charge is 2.17. The monoisotopic (exact) mass is 414 g/mol. The lowest BCUT2D eigenvalue weighted by Gasteiger charge is -2.21. The third-order valence-corrected chi connectivity index (χ3v) is 5.05. The lowest BCUT2D eigenvalue weighted by molar-refractivity contribution is -0.132. The van der Waals surface area contributed by atoms with E-state index >= 15 is 0 Å². The Labute approximate surface area is 178 Å². The number of benzene rings is 2. The summed E-state index contributed by atoms with van der Waals surface area (Å²) in [5.74, 6) is 1.99. The molecule has 0 aromatic heterocycles. The summed E-state index contributed by atoms with van der Waals surface area (Å²) in [7, 11) is 3.12. The average molecular weight is 414 g/mol. The van der Waals surface area contributed by atoms with Gasteiger partial charge in [0.1, 0.15) is 0 Å². The minimum atomic E-state index is -0.377. The second-order valence-corrected chi connectivity index (χ2v) is 7.52. The molecule has 0 aliphatic carbocycles. The van der Waals surface area contributed by atoms with Gasteiger partial charge >= 0.3 is 11.9 Å². The Hall–Kier alpha value is -3.02. The van der Waals surface area contributed by atoms with Gasteiger partial charge in [-0.05, 0) is 60.1 Å². The van der Waals surface area contributed by atoms with Crippen LogP contribution in [-0.2, 0) is 22.4 Å². The molecule has 2 aromatic rings. The van der Waals surface area contributed by atoms with Crippen molar-refractivity contribution < 1.29 is 28.5 Å². The van der Waals surface area contributed by atoms with Crippen LogP contribution in [0.1, 0.15) is 38.8 Å². The first-order valence-corrected chi connectivity index (χ1v) is 9.94. The normalized spacial score (nSPS) is 12.6. The first kappa shape index (κ1) is 23.3. The molecule has 0 saturated heterocycles. The van der Waals surface area contributed by atoms with Crippen LogP contribution >= 0.6 is 0 Å². The third-order valence-electron chi connectivity index (χ3n) is 5.05. The van der Waals surface area contributed by atoms with Crippen molar-refractivity contribution in [2.24, 2.45) is 11.8 Å². The van der Waals surface area contributed by atoms with Crippen LogP contribution in [0.25, 0.3) is 0 Å². The molecule has 0 saturated carbocycles. The molecule has 2 aromatic carbocycles. The summed E-state index contributed by atoms with van der Waals surface area (Å²) in [5.41, 5.74) is 2.23. The molecule has 162 valence electrons. The highest BCUT2D eigenvalue weighted by atomic mass is 16.6. The molecule has 0 aliphatic rings. The van der Waals surface area contributed by atoms with Gasteiger partial charge in [-0.2, -0.15) is 0 Å². The molecule has 0 radical (unpaired) electrons. The predicted octanol–water partition coefficient (Wildman–Crippen LogP) is 4.61. The standard InChI is InChI=1S/C24H30O6/c1-15(11-19-7-9-21(29-17(3)25)23(13-19)27-5)16(2)12-20-8-10-22(30-18(4)26)24(14-20)28-6/h7-10,13-16H,11-12H2,1-6H3/t15-,16+. The molecule has 6 nitrogen and oxygen atoms in total. The van der Waals surface area contributed by atoms with Crippen molar-refractivity contribution in [3.05, 3.63) is 47.5 Å². The molecule has 0 bridgehead atoms. The fraction of sp³-hybridized carbons (Fsp3) is 0.417. The first-order chi connectivity index (χ1) is 14.2. The summed E-state index contributed by atoms with van der Waals surface area (Å²) in [6, 6.07) is 11.3. The van der Waals surface area contributed by atoms with Crippen molar-refractivity contribution in [1.82, 2.24) is 0 Å². The zero-order chi connectivity index (χ0) is 22.3. The number of rotatable bonds is 9. The second-order valence-electron chi connectivity index (χ2n) is 7.52. The van der Waals surface area contributed by atoms with Crippen molar-refractivity contribution in [3.63, 3.8) is 0 Å². The summed E-state index contributed by atoms with van der Waals surface area (Å²) in [6.07, 6.45) is 1.72. The maximum absolute atomic E-state index is 11.2. The predicted molar refractivity (Wildman–Crippen MR) is 114 cm³/mol. The summed E-state index contributed by atoms with van der Waals surface area (Å²) in [5, 5.41) is 0. The Kier molecular flexibility index (Phi) is 8.27.